The number of rotatable bonds is 1. The molecule has 0 spiro atoms. The van der Waals surface area contributed by atoms with E-state index < -0.39 is 17.7 Å². The molecular weight excluding hydrogens is 326 g/mol. The second-order valence-corrected chi connectivity index (χ2v) is 5.75. The van der Waals surface area contributed by atoms with E-state index in [9.17, 15) is 9.59 Å². The Morgan fingerprint density at radius 3 is 2.15 bits per heavy atom. The molecule has 0 unspecified atom stereocenters. The zero-order valence-electron chi connectivity index (χ0n) is 10.5. The highest BCUT2D eigenvalue weighted by Gasteiger charge is 2.38. The number of hydrogen-bond acceptors (Lipinski definition) is 4. The summed E-state index contributed by atoms with van der Waals surface area (Å²) >= 11 is 17.7. The van der Waals surface area contributed by atoms with Gasteiger partial charge in [-0.3, -0.25) is 0 Å². The van der Waals surface area contributed by atoms with Gasteiger partial charge in [0, 0.05) is 18.9 Å². The van der Waals surface area contributed by atoms with Gasteiger partial charge in [0.25, 0.3) is 5.79 Å². The predicted octanol–water partition coefficient (Wildman–Crippen LogP) is 3.87. The molecule has 1 aliphatic heterocycles. The Morgan fingerprint density at radius 1 is 1.05 bits per heavy atom. The number of cyclic esters (lactones) is 2. The summed E-state index contributed by atoms with van der Waals surface area (Å²) in [7, 11) is 0. The van der Waals surface area contributed by atoms with Crippen LogP contribution in [-0.2, 0) is 19.1 Å². The van der Waals surface area contributed by atoms with Gasteiger partial charge in [-0.1, -0.05) is 34.8 Å². The molecule has 0 atom stereocenters. The minimum absolute atomic E-state index is 0.175. The quantitative estimate of drug-likeness (QED) is 0.338. The Balaban J connectivity index is 2.46. The van der Waals surface area contributed by atoms with Crippen LogP contribution in [0.25, 0.3) is 6.08 Å². The summed E-state index contributed by atoms with van der Waals surface area (Å²) in [6, 6.07) is 2.93. The second-order valence-electron chi connectivity index (χ2n) is 4.53. The van der Waals surface area contributed by atoms with Crippen LogP contribution in [0, 0.1) is 0 Å². The van der Waals surface area contributed by atoms with Crippen LogP contribution in [0.5, 0.6) is 0 Å². The molecule has 106 valence electrons. The lowest BCUT2D eigenvalue weighted by Crippen LogP contribution is -2.41. The molecule has 0 N–H and O–H groups in total. The molecule has 7 heteroatoms. The Kier molecular flexibility index (Phi) is 4.00. The van der Waals surface area contributed by atoms with Crippen LogP contribution in [-0.4, -0.2) is 17.7 Å². The first-order valence-electron chi connectivity index (χ1n) is 5.52. The summed E-state index contributed by atoms with van der Waals surface area (Å²) in [5.41, 5.74) is 0.0531. The summed E-state index contributed by atoms with van der Waals surface area (Å²) in [5.74, 6) is -2.88. The first-order valence-corrected chi connectivity index (χ1v) is 6.66. The maximum absolute atomic E-state index is 11.8. The van der Waals surface area contributed by atoms with Crippen molar-refractivity contribution in [2.75, 3.05) is 0 Å². The van der Waals surface area contributed by atoms with E-state index in [4.69, 9.17) is 44.3 Å². The normalized spacial score (nSPS) is 17.6. The fourth-order valence-electron chi connectivity index (χ4n) is 1.61. The van der Waals surface area contributed by atoms with Crippen LogP contribution in [0.3, 0.4) is 0 Å². The molecule has 0 aromatic heterocycles. The molecule has 1 fully saturated rings. The topological polar surface area (TPSA) is 52.6 Å². The van der Waals surface area contributed by atoms with Crippen LogP contribution in [0.1, 0.15) is 19.4 Å². The van der Waals surface area contributed by atoms with E-state index in [1.807, 2.05) is 0 Å². The smallest absolute Gasteiger partial charge is 0.348 e. The summed E-state index contributed by atoms with van der Waals surface area (Å²) < 4.78 is 9.94. The van der Waals surface area contributed by atoms with Gasteiger partial charge in [0.1, 0.15) is 5.57 Å². The molecule has 2 rings (SSSR count). The van der Waals surface area contributed by atoms with Gasteiger partial charge in [0.2, 0.25) is 0 Å². The molecular formula is C13H9Cl3O4. The summed E-state index contributed by atoms with van der Waals surface area (Å²) in [6.07, 6.45) is 1.24. The van der Waals surface area contributed by atoms with Crippen molar-refractivity contribution in [3.05, 3.63) is 38.3 Å². The van der Waals surface area contributed by atoms with Gasteiger partial charge < -0.3 is 9.47 Å². The van der Waals surface area contributed by atoms with Gasteiger partial charge in [-0.15, -0.1) is 0 Å². The third-order valence-electron chi connectivity index (χ3n) is 2.44. The van der Waals surface area contributed by atoms with Crippen molar-refractivity contribution in [3.63, 3.8) is 0 Å². The monoisotopic (exact) mass is 334 g/mol. The van der Waals surface area contributed by atoms with Gasteiger partial charge in [-0.25, -0.2) is 9.59 Å². The molecule has 1 aliphatic rings. The zero-order valence-corrected chi connectivity index (χ0v) is 12.8. The van der Waals surface area contributed by atoms with Crippen molar-refractivity contribution < 1.29 is 19.1 Å². The van der Waals surface area contributed by atoms with Gasteiger partial charge >= 0.3 is 11.9 Å². The molecule has 1 saturated heterocycles. The van der Waals surface area contributed by atoms with E-state index in [0.29, 0.717) is 10.6 Å². The average molecular weight is 336 g/mol. The molecule has 1 aromatic carbocycles. The highest BCUT2D eigenvalue weighted by Crippen LogP contribution is 2.32. The van der Waals surface area contributed by atoms with E-state index >= 15 is 0 Å². The fourth-order valence-corrected chi connectivity index (χ4v) is 2.29. The Labute approximate surface area is 130 Å². The lowest BCUT2D eigenvalue weighted by Gasteiger charge is -2.29. The second kappa shape index (κ2) is 5.28. The van der Waals surface area contributed by atoms with Crippen LogP contribution < -0.4 is 0 Å². The average Bonchev–Trinajstić information content (AvgIpc) is 2.28. The van der Waals surface area contributed by atoms with Gasteiger partial charge in [-0.2, -0.15) is 0 Å². The van der Waals surface area contributed by atoms with E-state index in [-0.39, 0.29) is 15.6 Å². The first kappa shape index (κ1) is 15.2. The van der Waals surface area contributed by atoms with Gasteiger partial charge in [0.15, 0.2) is 0 Å². The molecule has 0 saturated carbocycles. The molecule has 0 radical (unpaired) electrons. The SMILES string of the molecule is CC1(C)OC(=O)C(=Cc2cc(Cl)cc(Cl)c2Cl)C(=O)O1. The largest absolute Gasteiger partial charge is 0.419 e. The number of halogens is 3. The molecule has 0 aliphatic carbocycles. The van der Waals surface area contributed by atoms with Crippen LogP contribution in [0.2, 0.25) is 15.1 Å². The van der Waals surface area contributed by atoms with Crippen molar-refractivity contribution in [2.24, 2.45) is 0 Å². The van der Waals surface area contributed by atoms with Gasteiger partial charge in [0.05, 0.1) is 10.0 Å². The van der Waals surface area contributed by atoms with Crippen LogP contribution in [0.4, 0.5) is 0 Å². The molecule has 0 bridgehead atoms. The minimum atomic E-state index is -1.29. The Morgan fingerprint density at radius 2 is 1.60 bits per heavy atom. The molecule has 4 nitrogen and oxygen atoms in total. The number of ether oxygens (including phenoxy) is 2. The van der Waals surface area contributed by atoms with Gasteiger partial charge in [-0.05, 0) is 23.8 Å². The van der Waals surface area contributed by atoms with Crippen LogP contribution >= 0.6 is 34.8 Å². The van der Waals surface area contributed by atoms with Crippen molar-refractivity contribution in [1.29, 1.82) is 0 Å². The number of carbonyl (C=O) groups excluding carboxylic acids is 2. The highest BCUT2D eigenvalue weighted by atomic mass is 35.5. The summed E-state index contributed by atoms with van der Waals surface area (Å²) in [6.45, 7) is 2.92. The first-order chi connectivity index (χ1) is 9.19. The maximum atomic E-state index is 11.8. The minimum Gasteiger partial charge on any atom is -0.419 e. The Bertz CT molecular complexity index is 613. The number of esters is 2. The molecule has 1 heterocycles. The maximum Gasteiger partial charge on any atom is 0.348 e. The van der Waals surface area contributed by atoms with E-state index in [2.05, 4.69) is 0 Å². The number of hydrogen-bond donors (Lipinski definition) is 0. The number of carbonyl (C=O) groups is 2. The fraction of sp³-hybridized carbons (Fsp3) is 0.231. The summed E-state index contributed by atoms with van der Waals surface area (Å²) in [5, 5.41) is 0.710. The lowest BCUT2D eigenvalue weighted by atomic mass is 10.1. The molecule has 0 amide bonds. The predicted molar refractivity (Wildman–Crippen MR) is 75.7 cm³/mol. The molecule has 1 aromatic rings. The van der Waals surface area contributed by atoms with Crippen LogP contribution in [0.15, 0.2) is 17.7 Å². The van der Waals surface area contributed by atoms with E-state index in [0.717, 1.165) is 0 Å². The lowest BCUT2D eigenvalue weighted by molar-refractivity contribution is -0.222. The van der Waals surface area contributed by atoms with Crippen molar-refractivity contribution in [2.45, 2.75) is 19.6 Å². The zero-order chi connectivity index (χ0) is 15.1. The number of benzene rings is 1. The van der Waals surface area contributed by atoms with E-state index in [1.165, 1.54) is 32.1 Å². The molecule has 20 heavy (non-hydrogen) atoms. The third-order valence-corrected chi connectivity index (χ3v) is 3.47. The highest BCUT2D eigenvalue weighted by molar-refractivity contribution is 6.44. The van der Waals surface area contributed by atoms with E-state index in [1.54, 1.807) is 0 Å². The van der Waals surface area contributed by atoms with Crippen molar-refractivity contribution in [3.8, 4) is 0 Å². The van der Waals surface area contributed by atoms with Crippen molar-refractivity contribution >= 4 is 52.8 Å². The third kappa shape index (κ3) is 3.08. The van der Waals surface area contributed by atoms with Crippen molar-refractivity contribution in [1.82, 2.24) is 0 Å². The Hall–Kier alpha value is -1.23. The standard InChI is InChI=1S/C13H9Cl3O4/c1-13(2)19-11(17)8(12(18)20-13)4-6-3-7(14)5-9(15)10(6)16/h3-5H,1-2H3. The summed E-state index contributed by atoms with van der Waals surface area (Å²) in [4.78, 5) is 23.6.